The molecular formula is C26H31F4N3O2. The molecule has 2 amide bonds. The molecule has 1 aliphatic heterocycles. The highest BCUT2D eigenvalue weighted by atomic mass is 19.4. The van der Waals surface area contributed by atoms with Crippen LogP contribution in [0.25, 0.3) is 0 Å². The summed E-state index contributed by atoms with van der Waals surface area (Å²) < 4.78 is 52.5. The Balaban J connectivity index is 1.72. The molecule has 1 fully saturated rings. The first-order valence-corrected chi connectivity index (χ1v) is 11.6. The average Bonchev–Trinajstić information content (AvgIpc) is 2.82. The second-order valence-electron chi connectivity index (χ2n) is 9.35. The van der Waals surface area contributed by atoms with Crippen LogP contribution in [0.3, 0.4) is 0 Å². The van der Waals surface area contributed by atoms with Crippen molar-refractivity contribution in [3.8, 4) is 0 Å². The number of carbonyl (C=O) groups is 2. The maximum Gasteiger partial charge on any atom is 0.416 e. The second-order valence-corrected chi connectivity index (χ2v) is 9.35. The number of halogens is 4. The maximum absolute atomic E-state index is 13.4. The zero-order valence-electron chi connectivity index (χ0n) is 20.2. The minimum Gasteiger partial charge on any atom is -0.341 e. The molecule has 5 nitrogen and oxygen atoms in total. The number of alkyl halides is 3. The molecule has 0 radical (unpaired) electrons. The lowest BCUT2D eigenvalue weighted by atomic mass is 9.84. The van der Waals surface area contributed by atoms with Crippen LogP contribution in [-0.4, -0.2) is 73.3 Å². The monoisotopic (exact) mass is 493 g/mol. The fourth-order valence-electron chi connectivity index (χ4n) is 4.55. The molecule has 0 unspecified atom stereocenters. The van der Waals surface area contributed by atoms with Crippen molar-refractivity contribution >= 4 is 11.8 Å². The molecule has 1 heterocycles. The lowest BCUT2D eigenvalue weighted by Gasteiger charge is -2.40. The van der Waals surface area contributed by atoms with Crippen molar-refractivity contribution in [3.63, 3.8) is 0 Å². The van der Waals surface area contributed by atoms with Crippen LogP contribution in [0, 0.1) is 11.7 Å². The van der Waals surface area contributed by atoms with Gasteiger partial charge >= 0.3 is 6.18 Å². The smallest absolute Gasteiger partial charge is 0.341 e. The van der Waals surface area contributed by atoms with Crippen LogP contribution >= 0.6 is 0 Å². The number of hydrogen-bond donors (Lipinski definition) is 0. The minimum absolute atomic E-state index is 0.0133. The molecule has 0 aliphatic carbocycles. The van der Waals surface area contributed by atoms with Crippen molar-refractivity contribution in [1.29, 1.82) is 0 Å². The SMILES string of the molecule is CN(C)CC(=O)N(C)[C@H](Cc1ccc(F)cc1)C1CCN(C(=O)c2cccc(C(F)(F)F)c2)CC1. The minimum atomic E-state index is -4.51. The Morgan fingerprint density at radius 1 is 1.03 bits per heavy atom. The van der Waals surface area contributed by atoms with Crippen molar-refractivity contribution in [2.75, 3.05) is 40.8 Å². The van der Waals surface area contributed by atoms with E-state index < -0.39 is 17.6 Å². The number of benzene rings is 2. The van der Waals surface area contributed by atoms with Gasteiger partial charge < -0.3 is 14.7 Å². The van der Waals surface area contributed by atoms with E-state index in [1.54, 1.807) is 33.9 Å². The molecular weight excluding hydrogens is 462 g/mol. The molecule has 9 heteroatoms. The summed E-state index contributed by atoms with van der Waals surface area (Å²) in [6, 6.07) is 10.5. The van der Waals surface area contributed by atoms with Gasteiger partial charge in [0.2, 0.25) is 5.91 Å². The van der Waals surface area contributed by atoms with Gasteiger partial charge in [0.25, 0.3) is 5.91 Å². The lowest BCUT2D eigenvalue weighted by molar-refractivity contribution is -0.137. The highest BCUT2D eigenvalue weighted by Gasteiger charge is 2.34. The molecule has 0 saturated carbocycles. The molecule has 0 spiro atoms. The average molecular weight is 494 g/mol. The molecule has 2 aromatic carbocycles. The number of carbonyl (C=O) groups excluding carboxylic acids is 2. The Kier molecular flexibility index (Phi) is 8.53. The third kappa shape index (κ3) is 7.04. The van der Waals surface area contributed by atoms with E-state index in [1.165, 1.54) is 24.3 Å². The molecule has 1 atom stereocenters. The van der Waals surface area contributed by atoms with Crippen LogP contribution in [-0.2, 0) is 17.4 Å². The normalized spacial score (nSPS) is 15.8. The van der Waals surface area contributed by atoms with E-state index in [0.717, 1.165) is 17.7 Å². The van der Waals surface area contributed by atoms with Crippen LogP contribution in [0.2, 0.25) is 0 Å². The van der Waals surface area contributed by atoms with Crippen molar-refractivity contribution in [2.45, 2.75) is 31.5 Å². The van der Waals surface area contributed by atoms with Crippen molar-refractivity contribution in [1.82, 2.24) is 14.7 Å². The highest BCUT2D eigenvalue weighted by Crippen LogP contribution is 2.31. The van der Waals surface area contributed by atoms with Gasteiger partial charge in [0, 0.05) is 31.7 Å². The molecule has 0 bridgehead atoms. The molecule has 2 aromatic rings. The highest BCUT2D eigenvalue weighted by molar-refractivity contribution is 5.94. The van der Waals surface area contributed by atoms with Crippen LogP contribution < -0.4 is 0 Å². The summed E-state index contributed by atoms with van der Waals surface area (Å²) in [4.78, 5) is 30.8. The van der Waals surface area contributed by atoms with Crippen molar-refractivity contribution in [3.05, 3.63) is 71.0 Å². The van der Waals surface area contributed by atoms with E-state index in [1.807, 2.05) is 14.1 Å². The second kappa shape index (κ2) is 11.2. The number of rotatable bonds is 7. The fourth-order valence-corrected chi connectivity index (χ4v) is 4.55. The Bertz CT molecular complexity index is 1020. The van der Waals surface area contributed by atoms with E-state index in [9.17, 15) is 27.2 Å². The van der Waals surface area contributed by atoms with Gasteiger partial charge in [0.15, 0.2) is 0 Å². The van der Waals surface area contributed by atoms with Gasteiger partial charge in [-0.25, -0.2) is 4.39 Å². The molecule has 0 aromatic heterocycles. The first-order chi connectivity index (χ1) is 16.5. The molecule has 190 valence electrons. The van der Waals surface area contributed by atoms with Gasteiger partial charge in [-0.2, -0.15) is 13.2 Å². The standard InChI is InChI=1S/C26H31F4N3O2/c1-31(2)17-24(34)32(3)23(15-18-7-9-22(27)10-8-18)19-11-13-33(14-12-19)25(35)20-5-4-6-21(16-20)26(28,29)30/h4-10,16,19,23H,11-15,17H2,1-3H3/t23-/m1/s1. The number of likely N-dealkylation sites (N-methyl/N-ethyl adjacent to an activating group) is 2. The zero-order chi connectivity index (χ0) is 25.8. The van der Waals surface area contributed by atoms with Crippen molar-refractivity contribution in [2.24, 2.45) is 5.92 Å². The van der Waals surface area contributed by atoms with Gasteiger partial charge in [-0.05, 0) is 75.2 Å². The summed E-state index contributed by atoms with van der Waals surface area (Å²) in [5.74, 6) is -0.711. The van der Waals surface area contributed by atoms with Crippen molar-refractivity contribution < 1.29 is 27.2 Å². The lowest BCUT2D eigenvalue weighted by Crippen LogP contribution is -2.50. The van der Waals surface area contributed by atoms with Crippen LogP contribution in [0.15, 0.2) is 48.5 Å². The van der Waals surface area contributed by atoms with E-state index in [4.69, 9.17) is 0 Å². The van der Waals surface area contributed by atoms with Crippen LogP contribution in [0.1, 0.15) is 34.3 Å². The fraction of sp³-hybridized carbons (Fsp3) is 0.462. The predicted octanol–water partition coefficient (Wildman–Crippen LogP) is 4.33. The summed E-state index contributed by atoms with van der Waals surface area (Å²) in [5.41, 5.74) is 0.0708. The molecule has 0 N–H and O–H groups in total. The van der Waals surface area contributed by atoms with E-state index in [2.05, 4.69) is 0 Å². The Morgan fingerprint density at radius 2 is 1.66 bits per heavy atom. The molecule has 1 aliphatic rings. The van der Waals surface area contributed by atoms with Gasteiger partial charge in [-0.15, -0.1) is 0 Å². The summed E-state index contributed by atoms with van der Waals surface area (Å²) in [6.45, 7) is 1.02. The quantitative estimate of drug-likeness (QED) is 0.540. The summed E-state index contributed by atoms with van der Waals surface area (Å²) in [6.07, 6.45) is -2.75. The van der Waals surface area contributed by atoms with Gasteiger partial charge in [-0.1, -0.05) is 18.2 Å². The number of likely N-dealkylation sites (tertiary alicyclic amines) is 1. The Hall–Kier alpha value is -2.94. The topological polar surface area (TPSA) is 43.9 Å². The van der Waals surface area contributed by atoms with Crippen LogP contribution in [0.4, 0.5) is 17.6 Å². The largest absolute Gasteiger partial charge is 0.416 e. The molecule has 35 heavy (non-hydrogen) atoms. The molecule has 3 rings (SSSR count). The van der Waals surface area contributed by atoms with Gasteiger partial charge in [0.1, 0.15) is 5.82 Å². The third-order valence-electron chi connectivity index (χ3n) is 6.51. The number of amides is 2. The summed E-state index contributed by atoms with van der Waals surface area (Å²) in [7, 11) is 5.40. The number of nitrogens with zero attached hydrogens (tertiary/aromatic N) is 3. The Morgan fingerprint density at radius 3 is 2.23 bits per heavy atom. The van der Waals surface area contributed by atoms with E-state index in [0.29, 0.717) is 32.4 Å². The third-order valence-corrected chi connectivity index (χ3v) is 6.51. The van der Waals surface area contributed by atoms with E-state index in [-0.39, 0.29) is 35.8 Å². The van der Waals surface area contributed by atoms with E-state index >= 15 is 0 Å². The summed E-state index contributed by atoms with van der Waals surface area (Å²) >= 11 is 0. The maximum atomic E-state index is 13.4. The van der Waals surface area contributed by atoms with Gasteiger partial charge in [0.05, 0.1) is 12.1 Å². The predicted molar refractivity (Wildman–Crippen MR) is 125 cm³/mol. The zero-order valence-corrected chi connectivity index (χ0v) is 20.2. The summed E-state index contributed by atoms with van der Waals surface area (Å²) in [5, 5.41) is 0. The first-order valence-electron chi connectivity index (χ1n) is 11.6. The number of piperidine rings is 1. The van der Waals surface area contributed by atoms with Gasteiger partial charge in [-0.3, -0.25) is 9.59 Å². The Labute approximate surface area is 203 Å². The molecule has 1 saturated heterocycles. The van der Waals surface area contributed by atoms with Crippen LogP contribution in [0.5, 0.6) is 0 Å². The number of hydrogen-bond acceptors (Lipinski definition) is 3. The first kappa shape index (κ1) is 26.7.